The number of carbonyl (C=O) groups excluding carboxylic acids is 1. The highest BCUT2D eigenvalue weighted by Crippen LogP contribution is 2.49. The van der Waals surface area contributed by atoms with Crippen LogP contribution in [0.25, 0.3) is 0 Å². The smallest absolute Gasteiger partial charge is 0.418 e. The Morgan fingerprint density at radius 2 is 1.93 bits per heavy atom. The first-order chi connectivity index (χ1) is 13.9. The minimum atomic E-state index is -4.41. The fraction of sp³-hybridized carbons (Fsp3) is 0.727. The Hall–Kier alpha value is -1.83. The van der Waals surface area contributed by atoms with Crippen molar-refractivity contribution in [2.45, 2.75) is 70.8 Å². The van der Waals surface area contributed by atoms with E-state index in [1.807, 2.05) is 4.90 Å². The van der Waals surface area contributed by atoms with Crippen LogP contribution in [0.1, 0.15) is 57.2 Å². The molecule has 3 aliphatic rings. The van der Waals surface area contributed by atoms with Gasteiger partial charge < -0.3 is 14.7 Å². The number of pyridine rings is 1. The van der Waals surface area contributed by atoms with Gasteiger partial charge in [0.25, 0.3) is 0 Å². The molecule has 1 amide bonds. The summed E-state index contributed by atoms with van der Waals surface area (Å²) in [6.45, 7) is 6.70. The molecule has 3 fully saturated rings. The van der Waals surface area contributed by atoms with Gasteiger partial charge >= 0.3 is 6.18 Å². The molecule has 0 aromatic carbocycles. The van der Waals surface area contributed by atoms with Gasteiger partial charge in [0.1, 0.15) is 6.10 Å². The number of amides is 1. The molecule has 0 radical (unpaired) electrons. The second-order valence-electron chi connectivity index (χ2n) is 9.95. The van der Waals surface area contributed by atoms with Crippen molar-refractivity contribution in [1.82, 2.24) is 9.88 Å². The van der Waals surface area contributed by atoms with Crippen molar-refractivity contribution in [1.29, 1.82) is 0 Å². The summed E-state index contributed by atoms with van der Waals surface area (Å²) in [5.41, 5.74) is -1.40. The molecular weight excluding hydrogens is 397 g/mol. The van der Waals surface area contributed by atoms with Crippen LogP contribution in [-0.4, -0.2) is 45.7 Å². The molecule has 2 aliphatic carbocycles. The van der Waals surface area contributed by atoms with E-state index >= 15 is 0 Å². The van der Waals surface area contributed by atoms with Gasteiger partial charge in [-0.05, 0) is 57.9 Å². The van der Waals surface area contributed by atoms with Gasteiger partial charge in [0.2, 0.25) is 11.8 Å². The van der Waals surface area contributed by atoms with Gasteiger partial charge in [0.05, 0.1) is 16.9 Å². The maximum absolute atomic E-state index is 12.9. The Bertz CT molecular complexity index is 825. The lowest BCUT2D eigenvalue weighted by atomic mass is 9.63. The zero-order valence-electron chi connectivity index (χ0n) is 17.6. The molecule has 1 aromatic rings. The first kappa shape index (κ1) is 21.4. The number of carbonyl (C=O) groups is 1. The second-order valence-corrected chi connectivity index (χ2v) is 9.95. The number of alkyl halides is 3. The number of ether oxygens (including phenoxy) is 1. The average Bonchev–Trinajstić information content (AvgIpc) is 2.57. The quantitative estimate of drug-likeness (QED) is 0.795. The highest BCUT2D eigenvalue weighted by atomic mass is 19.4. The predicted octanol–water partition coefficient (Wildman–Crippen LogP) is 3.97. The number of nitrogens with zero attached hydrogens (tertiary/aromatic N) is 2. The summed E-state index contributed by atoms with van der Waals surface area (Å²) in [4.78, 5) is 18.5. The monoisotopic (exact) mass is 426 g/mol. The Balaban J connectivity index is 1.30. The van der Waals surface area contributed by atoms with Crippen molar-refractivity contribution in [3.05, 3.63) is 23.4 Å². The third kappa shape index (κ3) is 4.03. The van der Waals surface area contributed by atoms with E-state index in [-0.39, 0.29) is 40.8 Å². The van der Waals surface area contributed by atoms with Crippen molar-refractivity contribution < 1.29 is 27.8 Å². The second kappa shape index (κ2) is 7.11. The maximum atomic E-state index is 12.9. The molecule has 2 heterocycles. The van der Waals surface area contributed by atoms with Crippen molar-refractivity contribution in [3.63, 3.8) is 0 Å². The SMILES string of the molecule is Cc1nc(O[C@@H]2CCC3(C[C@H]2C)CN(C(=O)C2CC(C)(O)C2)C3)ccc1C(F)(F)F. The highest BCUT2D eigenvalue weighted by Gasteiger charge is 2.52. The number of likely N-dealkylation sites (tertiary alicyclic amines) is 1. The number of halogens is 3. The zero-order valence-corrected chi connectivity index (χ0v) is 17.6. The summed E-state index contributed by atoms with van der Waals surface area (Å²) >= 11 is 0. The number of aryl methyl sites for hydroxylation is 1. The van der Waals surface area contributed by atoms with Crippen molar-refractivity contribution in [3.8, 4) is 5.88 Å². The molecule has 1 aromatic heterocycles. The van der Waals surface area contributed by atoms with Crippen LogP contribution < -0.4 is 4.74 Å². The summed E-state index contributed by atoms with van der Waals surface area (Å²) in [7, 11) is 0. The molecule has 4 rings (SSSR count). The highest BCUT2D eigenvalue weighted by molar-refractivity contribution is 5.81. The summed E-state index contributed by atoms with van der Waals surface area (Å²) in [6.07, 6.45) is -0.781. The molecule has 1 spiro atoms. The maximum Gasteiger partial charge on any atom is 0.418 e. The normalized spacial score (nSPS) is 33.0. The van der Waals surface area contributed by atoms with Crippen LogP contribution >= 0.6 is 0 Å². The van der Waals surface area contributed by atoms with Gasteiger partial charge in [-0.3, -0.25) is 4.79 Å². The van der Waals surface area contributed by atoms with E-state index in [1.165, 1.54) is 13.0 Å². The predicted molar refractivity (Wildman–Crippen MR) is 104 cm³/mol. The fourth-order valence-corrected chi connectivity index (χ4v) is 5.52. The number of rotatable bonds is 3. The van der Waals surface area contributed by atoms with E-state index < -0.39 is 17.3 Å². The zero-order chi connectivity index (χ0) is 21.9. The summed E-state index contributed by atoms with van der Waals surface area (Å²) < 4.78 is 44.7. The van der Waals surface area contributed by atoms with Crippen molar-refractivity contribution in [2.24, 2.45) is 17.3 Å². The fourth-order valence-electron chi connectivity index (χ4n) is 5.52. The Morgan fingerprint density at radius 3 is 2.47 bits per heavy atom. The third-order valence-corrected chi connectivity index (χ3v) is 7.07. The Labute approximate surface area is 174 Å². The van der Waals surface area contributed by atoms with Crippen LogP contribution in [0.5, 0.6) is 5.88 Å². The van der Waals surface area contributed by atoms with Crippen LogP contribution in [0.4, 0.5) is 13.2 Å². The molecule has 8 heteroatoms. The molecule has 30 heavy (non-hydrogen) atoms. The molecule has 1 saturated heterocycles. The van der Waals surface area contributed by atoms with E-state index in [4.69, 9.17) is 4.74 Å². The molecule has 0 unspecified atom stereocenters. The Morgan fingerprint density at radius 1 is 1.27 bits per heavy atom. The topological polar surface area (TPSA) is 62.7 Å². The van der Waals surface area contributed by atoms with Crippen LogP contribution in [0, 0.1) is 24.2 Å². The van der Waals surface area contributed by atoms with E-state index in [1.54, 1.807) is 6.92 Å². The molecule has 1 N–H and O–H groups in total. The van der Waals surface area contributed by atoms with Gasteiger partial charge in [-0.15, -0.1) is 0 Å². The molecule has 166 valence electrons. The largest absolute Gasteiger partial charge is 0.474 e. The molecule has 5 nitrogen and oxygen atoms in total. The summed E-state index contributed by atoms with van der Waals surface area (Å²) in [5.74, 6) is 0.562. The average molecular weight is 426 g/mol. The van der Waals surface area contributed by atoms with Crippen molar-refractivity contribution in [2.75, 3.05) is 13.1 Å². The molecule has 2 saturated carbocycles. The van der Waals surface area contributed by atoms with Gasteiger partial charge in [-0.1, -0.05) is 6.92 Å². The van der Waals surface area contributed by atoms with Crippen molar-refractivity contribution >= 4 is 5.91 Å². The number of aromatic nitrogens is 1. The van der Waals surface area contributed by atoms with E-state index in [9.17, 15) is 23.1 Å². The lowest BCUT2D eigenvalue weighted by Crippen LogP contribution is -2.63. The van der Waals surface area contributed by atoms with Gasteiger partial charge in [-0.2, -0.15) is 13.2 Å². The molecular formula is C22H29F3N2O3. The molecule has 2 atom stereocenters. The van der Waals surface area contributed by atoms with Gasteiger partial charge in [0.15, 0.2) is 0 Å². The standard InChI is InChI=1S/C22H29F3N2O3/c1-13-8-21(11-27(12-21)19(28)15-9-20(3,29)10-15)7-6-17(13)30-18-5-4-16(14(2)26-18)22(23,24)25/h4-5,13,15,17,29H,6-12H2,1-3H3/t13-,15?,17-,20?/m1/s1. The summed E-state index contributed by atoms with van der Waals surface area (Å²) in [5, 5.41) is 9.86. The minimum Gasteiger partial charge on any atom is -0.474 e. The minimum absolute atomic E-state index is 0.0524. The lowest BCUT2D eigenvalue weighted by molar-refractivity contribution is -0.166. The Kier molecular flexibility index (Phi) is 5.07. The van der Waals surface area contributed by atoms with E-state index in [0.717, 1.165) is 38.4 Å². The van der Waals surface area contributed by atoms with E-state index in [0.29, 0.717) is 12.8 Å². The first-order valence-corrected chi connectivity index (χ1v) is 10.6. The van der Waals surface area contributed by atoms with Crippen LogP contribution in [-0.2, 0) is 11.0 Å². The third-order valence-electron chi connectivity index (χ3n) is 7.07. The van der Waals surface area contributed by atoms with E-state index in [2.05, 4.69) is 11.9 Å². The van der Waals surface area contributed by atoms with Crippen LogP contribution in [0.15, 0.2) is 12.1 Å². The number of aliphatic hydroxyl groups is 1. The van der Waals surface area contributed by atoms with Crippen LogP contribution in [0.2, 0.25) is 0 Å². The number of hydrogen-bond donors (Lipinski definition) is 1. The lowest BCUT2D eigenvalue weighted by Gasteiger charge is -2.56. The van der Waals surface area contributed by atoms with Crippen LogP contribution in [0.3, 0.4) is 0 Å². The van der Waals surface area contributed by atoms with Gasteiger partial charge in [0, 0.05) is 30.5 Å². The summed E-state index contributed by atoms with van der Waals surface area (Å²) in [6, 6.07) is 2.32. The van der Waals surface area contributed by atoms with Gasteiger partial charge in [-0.25, -0.2) is 4.98 Å². The number of hydrogen-bond acceptors (Lipinski definition) is 4. The molecule has 1 aliphatic heterocycles. The molecule has 0 bridgehead atoms. The first-order valence-electron chi connectivity index (χ1n) is 10.6.